The molecule has 0 aliphatic carbocycles. The van der Waals surface area contributed by atoms with Gasteiger partial charge in [-0.15, -0.1) is 6.58 Å². The fraction of sp³-hybridized carbons (Fsp3) is 0.217. The van der Waals surface area contributed by atoms with Crippen molar-refractivity contribution in [3.8, 4) is 22.8 Å². The Labute approximate surface area is 171 Å². The number of hydrogen-bond acceptors (Lipinski definition) is 6. The minimum absolute atomic E-state index is 0.569. The number of nitrogens with one attached hydrogen (secondary N) is 2. The summed E-state index contributed by atoms with van der Waals surface area (Å²) in [5, 5.41) is 6.57. The van der Waals surface area contributed by atoms with Gasteiger partial charge in [-0.05, 0) is 24.1 Å². The van der Waals surface area contributed by atoms with Crippen molar-refractivity contribution in [2.75, 3.05) is 37.9 Å². The number of rotatable bonds is 10. The van der Waals surface area contributed by atoms with E-state index in [4.69, 9.17) is 9.47 Å². The smallest absolute Gasteiger partial charge is 0.225 e. The van der Waals surface area contributed by atoms with Crippen LogP contribution in [0.4, 0.5) is 11.8 Å². The Kier molecular flexibility index (Phi) is 7.05. The van der Waals surface area contributed by atoms with Crippen LogP contribution in [0.15, 0.2) is 67.3 Å². The molecule has 0 aliphatic rings. The molecule has 0 bridgehead atoms. The molecular formula is C23H26N4O2. The van der Waals surface area contributed by atoms with E-state index in [1.165, 1.54) is 0 Å². The summed E-state index contributed by atoms with van der Waals surface area (Å²) in [4.78, 5) is 9.17. The lowest BCUT2D eigenvalue weighted by Crippen LogP contribution is -2.10. The second-order valence-corrected chi connectivity index (χ2v) is 6.36. The number of nitrogens with zero attached hydrogens (tertiary/aromatic N) is 2. The number of benzene rings is 2. The monoisotopic (exact) mass is 390 g/mol. The maximum atomic E-state index is 5.38. The van der Waals surface area contributed by atoms with E-state index in [0.717, 1.165) is 47.1 Å². The van der Waals surface area contributed by atoms with Crippen LogP contribution in [-0.2, 0) is 6.42 Å². The van der Waals surface area contributed by atoms with Crippen LogP contribution in [0, 0.1) is 0 Å². The van der Waals surface area contributed by atoms with Crippen LogP contribution in [-0.4, -0.2) is 37.3 Å². The van der Waals surface area contributed by atoms with Gasteiger partial charge in [-0.1, -0.05) is 42.5 Å². The van der Waals surface area contributed by atoms with Crippen molar-refractivity contribution in [3.05, 3.63) is 72.8 Å². The van der Waals surface area contributed by atoms with Gasteiger partial charge in [0, 0.05) is 24.7 Å². The van der Waals surface area contributed by atoms with Crippen molar-refractivity contribution in [3.63, 3.8) is 0 Å². The molecule has 6 nitrogen and oxygen atoms in total. The van der Waals surface area contributed by atoms with Gasteiger partial charge in [-0.3, -0.25) is 0 Å². The predicted octanol–water partition coefficient (Wildman–Crippen LogP) is 4.41. The third-order valence-corrected chi connectivity index (χ3v) is 4.37. The second-order valence-electron chi connectivity index (χ2n) is 6.36. The Morgan fingerprint density at radius 3 is 2.45 bits per heavy atom. The molecule has 2 N–H and O–H groups in total. The molecule has 0 radical (unpaired) electrons. The first-order valence-corrected chi connectivity index (χ1v) is 9.47. The molecule has 0 fully saturated rings. The first-order chi connectivity index (χ1) is 14.2. The molecule has 2 aromatic carbocycles. The van der Waals surface area contributed by atoms with Gasteiger partial charge < -0.3 is 20.1 Å². The van der Waals surface area contributed by atoms with E-state index in [1.807, 2.05) is 54.6 Å². The summed E-state index contributed by atoms with van der Waals surface area (Å²) in [6.45, 7) is 5.06. The van der Waals surface area contributed by atoms with Gasteiger partial charge in [0.05, 0.1) is 19.9 Å². The lowest BCUT2D eigenvalue weighted by atomic mass is 10.1. The minimum atomic E-state index is 0.569. The average Bonchev–Trinajstić information content (AvgIpc) is 2.78. The van der Waals surface area contributed by atoms with Gasteiger partial charge in [0.15, 0.2) is 11.5 Å². The quantitative estimate of drug-likeness (QED) is 0.500. The molecule has 0 unspecified atom stereocenters. The van der Waals surface area contributed by atoms with Crippen LogP contribution >= 0.6 is 0 Å². The Morgan fingerprint density at radius 2 is 1.72 bits per heavy atom. The molecule has 0 saturated carbocycles. The molecule has 6 heteroatoms. The van der Waals surface area contributed by atoms with Crippen LogP contribution in [0.5, 0.6) is 11.5 Å². The van der Waals surface area contributed by atoms with Gasteiger partial charge >= 0.3 is 0 Å². The van der Waals surface area contributed by atoms with E-state index < -0.39 is 0 Å². The molecule has 0 amide bonds. The van der Waals surface area contributed by atoms with Crippen molar-refractivity contribution < 1.29 is 9.47 Å². The van der Waals surface area contributed by atoms with E-state index >= 15 is 0 Å². The van der Waals surface area contributed by atoms with E-state index in [-0.39, 0.29) is 0 Å². The van der Waals surface area contributed by atoms with E-state index in [0.29, 0.717) is 12.5 Å². The number of aromatic nitrogens is 2. The molecule has 1 aromatic heterocycles. The van der Waals surface area contributed by atoms with Gasteiger partial charge in [-0.25, -0.2) is 4.98 Å². The number of ether oxygens (including phenoxy) is 2. The molecule has 150 valence electrons. The van der Waals surface area contributed by atoms with Gasteiger partial charge in [0.25, 0.3) is 0 Å². The maximum absolute atomic E-state index is 5.38. The highest BCUT2D eigenvalue weighted by Gasteiger charge is 2.08. The van der Waals surface area contributed by atoms with Gasteiger partial charge in [0.2, 0.25) is 5.95 Å². The lowest BCUT2D eigenvalue weighted by molar-refractivity contribution is 0.354. The first kappa shape index (κ1) is 20.2. The molecular weight excluding hydrogens is 364 g/mol. The van der Waals surface area contributed by atoms with Crippen LogP contribution in [0.1, 0.15) is 5.56 Å². The first-order valence-electron chi connectivity index (χ1n) is 9.47. The Hall–Kier alpha value is -3.54. The maximum Gasteiger partial charge on any atom is 0.225 e. The number of methoxy groups -OCH3 is 2. The van der Waals surface area contributed by atoms with Crippen molar-refractivity contribution in [1.29, 1.82) is 0 Å². The van der Waals surface area contributed by atoms with Gasteiger partial charge in [0.1, 0.15) is 5.82 Å². The van der Waals surface area contributed by atoms with Crippen molar-refractivity contribution in [2.24, 2.45) is 0 Å². The Bertz CT molecular complexity index is 945. The predicted molar refractivity (Wildman–Crippen MR) is 118 cm³/mol. The zero-order valence-corrected chi connectivity index (χ0v) is 16.8. The lowest BCUT2D eigenvalue weighted by Gasteiger charge is -2.12. The highest BCUT2D eigenvalue weighted by atomic mass is 16.5. The number of hydrogen-bond donors (Lipinski definition) is 2. The van der Waals surface area contributed by atoms with Crippen molar-refractivity contribution in [2.45, 2.75) is 6.42 Å². The SMILES string of the molecule is C=CCNc1nc(NCCc2ccc(OC)c(OC)c2)cc(-c2ccccc2)n1. The molecule has 0 atom stereocenters. The highest BCUT2D eigenvalue weighted by Crippen LogP contribution is 2.28. The molecule has 0 saturated heterocycles. The van der Waals surface area contributed by atoms with Crippen LogP contribution in [0.3, 0.4) is 0 Å². The molecule has 29 heavy (non-hydrogen) atoms. The summed E-state index contributed by atoms with van der Waals surface area (Å²) in [6.07, 6.45) is 2.60. The molecule has 3 rings (SSSR count). The normalized spacial score (nSPS) is 10.3. The van der Waals surface area contributed by atoms with E-state index in [2.05, 4.69) is 27.2 Å². The third-order valence-electron chi connectivity index (χ3n) is 4.37. The topological polar surface area (TPSA) is 68.3 Å². The Morgan fingerprint density at radius 1 is 0.931 bits per heavy atom. The largest absolute Gasteiger partial charge is 0.493 e. The molecule has 1 heterocycles. The number of anilines is 2. The molecule has 0 aliphatic heterocycles. The van der Waals surface area contributed by atoms with Crippen LogP contribution < -0.4 is 20.1 Å². The van der Waals surface area contributed by atoms with Crippen molar-refractivity contribution >= 4 is 11.8 Å². The van der Waals surface area contributed by atoms with Crippen molar-refractivity contribution in [1.82, 2.24) is 9.97 Å². The molecule has 0 spiro atoms. The van der Waals surface area contributed by atoms with Crippen LogP contribution in [0.25, 0.3) is 11.3 Å². The van der Waals surface area contributed by atoms with E-state index in [9.17, 15) is 0 Å². The fourth-order valence-corrected chi connectivity index (χ4v) is 2.91. The third kappa shape index (κ3) is 5.48. The zero-order valence-electron chi connectivity index (χ0n) is 16.8. The average molecular weight is 390 g/mol. The summed E-state index contributed by atoms with van der Waals surface area (Å²) >= 11 is 0. The zero-order chi connectivity index (χ0) is 20.5. The second kappa shape index (κ2) is 10.1. The molecule has 3 aromatic rings. The Balaban J connectivity index is 1.73. The summed E-state index contributed by atoms with van der Waals surface area (Å²) in [6, 6.07) is 18.0. The summed E-state index contributed by atoms with van der Waals surface area (Å²) in [7, 11) is 3.28. The highest BCUT2D eigenvalue weighted by molar-refractivity contribution is 5.64. The summed E-state index contributed by atoms with van der Waals surface area (Å²) in [5.74, 6) is 2.80. The fourth-order valence-electron chi connectivity index (χ4n) is 2.91. The minimum Gasteiger partial charge on any atom is -0.493 e. The standard InChI is InChI=1S/C23H26N4O2/c1-4-13-25-23-26-19(18-8-6-5-7-9-18)16-22(27-23)24-14-12-17-10-11-20(28-2)21(15-17)29-3/h4-11,15-16H,1,12-14H2,2-3H3,(H2,24,25,26,27). The van der Waals surface area contributed by atoms with E-state index in [1.54, 1.807) is 20.3 Å². The summed E-state index contributed by atoms with van der Waals surface area (Å²) < 4.78 is 10.7. The van der Waals surface area contributed by atoms with Crippen LogP contribution in [0.2, 0.25) is 0 Å². The van der Waals surface area contributed by atoms with Gasteiger partial charge in [-0.2, -0.15) is 4.98 Å². The summed E-state index contributed by atoms with van der Waals surface area (Å²) in [5.41, 5.74) is 3.05.